The van der Waals surface area contributed by atoms with Gasteiger partial charge in [-0.05, 0) is 41.7 Å². The van der Waals surface area contributed by atoms with E-state index in [9.17, 15) is 0 Å². The zero-order chi connectivity index (χ0) is 14.4. The molecule has 2 aromatic carbocycles. The van der Waals surface area contributed by atoms with Crippen LogP contribution in [0.25, 0.3) is 16.7 Å². The van der Waals surface area contributed by atoms with E-state index in [1.165, 1.54) is 27.8 Å². The maximum Gasteiger partial charge on any atom is -0.0161 e. The summed E-state index contributed by atoms with van der Waals surface area (Å²) in [4.78, 5) is 0. The van der Waals surface area contributed by atoms with Crippen molar-refractivity contribution in [1.82, 2.24) is 0 Å². The maximum atomic E-state index is 3.93. The Balaban J connectivity index is 2.37. The monoisotopic (exact) mass is 260 g/mol. The smallest absolute Gasteiger partial charge is 0.0161 e. The average molecular weight is 260 g/mol. The van der Waals surface area contributed by atoms with Crippen LogP contribution in [0.4, 0.5) is 0 Å². The third kappa shape index (κ3) is 3.16. The molecular weight excluding hydrogens is 240 g/mol. The first-order valence-corrected chi connectivity index (χ1v) is 6.88. The van der Waals surface area contributed by atoms with E-state index >= 15 is 0 Å². The Morgan fingerprint density at radius 1 is 0.900 bits per heavy atom. The largest absolute Gasteiger partial charge is 0.0984 e. The predicted octanol–water partition coefficient (Wildman–Crippen LogP) is 5.89. The lowest BCUT2D eigenvalue weighted by molar-refractivity contribution is 1.48. The molecule has 0 N–H and O–H groups in total. The van der Waals surface area contributed by atoms with Gasteiger partial charge in [-0.3, -0.25) is 0 Å². The van der Waals surface area contributed by atoms with E-state index in [4.69, 9.17) is 0 Å². The summed E-state index contributed by atoms with van der Waals surface area (Å²) in [5.74, 6) is 0. The molecule has 0 bridgehead atoms. The van der Waals surface area contributed by atoms with Crippen molar-refractivity contribution in [2.75, 3.05) is 0 Å². The lowest BCUT2D eigenvalue weighted by Crippen LogP contribution is -1.85. The summed E-state index contributed by atoms with van der Waals surface area (Å²) in [5, 5.41) is 0. The SMILES string of the molecule is C=C/C(=C(C)\C=C/C)c1ccc(-c2ccccc2)cc1. The Bertz CT molecular complexity index is 625. The van der Waals surface area contributed by atoms with E-state index < -0.39 is 0 Å². The van der Waals surface area contributed by atoms with Gasteiger partial charge in [-0.15, -0.1) is 0 Å². The second-order valence-corrected chi connectivity index (χ2v) is 4.74. The highest BCUT2D eigenvalue weighted by Gasteiger charge is 2.02. The average Bonchev–Trinajstić information content (AvgIpc) is 2.50. The molecule has 2 aromatic rings. The third-order valence-electron chi connectivity index (χ3n) is 3.35. The van der Waals surface area contributed by atoms with Gasteiger partial charge < -0.3 is 0 Å². The molecule has 0 saturated carbocycles. The molecular formula is C20H20. The van der Waals surface area contributed by atoms with Crippen molar-refractivity contribution in [3.05, 3.63) is 90.5 Å². The minimum atomic E-state index is 1.18. The molecule has 0 aromatic heterocycles. The summed E-state index contributed by atoms with van der Waals surface area (Å²) in [6, 6.07) is 19.1. The molecule has 0 aliphatic rings. The fourth-order valence-electron chi connectivity index (χ4n) is 2.32. The van der Waals surface area contributed by atoms with Gasteiger partial charge in [0.25, 0.3) is 0 Å². The van der Waals surface area contributed by atoms with Crippen LogP contribution in [0.3, 0.4) is 0 Å². The number of benzene rings is 2. The van der Waals surface area contributed by atoms with Gasteiger partial charge in [-0.25, -0.2) is 0 Å². The molecule has 0 fully saturated rings. The van der Waals surface area contributed by atoms with Gasteiger partial charge in [0.05, 0.1) is 0 Å². The van der Waals surface area contributed by atoms with Crippen molar-refractivity contribution in [3.63, 3.8) is 0 Å². The van der Waals surface area contributed by atoms with Crippen molar-refractivity contribution in [3.8, 4) is 11.1 Å². The van der Waals surface area contributed by atoms with Crippen molar-refractivity contribution < 1.29 is 0 Å². The van der Waals surface area contributed by atoms with Gasteiger partial charge >= 0.3 is 0 Å². The molecule has 100 valence electrons. The molecule has 0 aliphatic heterocycles. The molecule has 20 heavy (non-hydrogen) atoms. The maximum absolute atomic E-state index is 3.93. The van der Waals surface area contributed by atoms with Crippen LogP contribution in [-0.2, 0) is 0 Å². The Kier molecular flexibility index (Phi) is 4.73. The van der Waals surface area contributed by atoms with E-state index in [0.717, 1.165) is 0 Å². The third-order valence-corrected chi connectivity index (χ3v) is 3.35. The lowest BCUT2D eigenvalue weighted by atomic mass is 9.97. The molecule has 0 amide bonds. The Labute approximate surface area is 121 Å². The van der Waals surface area contributed by atoms with Crippen LogP contribution >= 0.6 is 0 Å². The summed E-state index contributed by atoms with van der Waals surface area (Å²) < 4.78 is 0. The normalized spacial score (nSPS) is 12.3. The summed E-state index contributed by atoms with van der Waals surface area (Å²) >= 11 is 0. The fourth-order valence-corrected chi connectivity index (χ4v) is 2.32. The van der Waals surface area contributed by atoms with Gasteiger partial charge in [0, 0.05) is 0 Å². The first-order valence-electron chi connectivity index (χ1n) is 6.88. The molecule has 2 rings (SSSR count). The van der Waals surface area contributed by atoms with Crippen LogP contribution < -0.4 is 0 Å². The van der Waals surface area contributed by atoms with E-state index in [1.54, 1.807) is 0 Å². The number of allylic oxidation sites excluding steroid dienone is 5. The van der Waals surface area contributed by atoms with Crippen LogP contribution in [0.5, 0.6) is 0 Å². The van der Waals surface area contributed by atoms with Crippen molar-refractivity contribution in [1.29, 1.82) is 0 Å². The zero-order valence-electron chi connectivity index (χ0n) is 12.1. The predicted molar refractivity (Wildman–Crippen MR) is 89.5 cm³/mol. The van der Waals surface area contributed by atoms with Gasteiger partial charge in [-0.1, -0.05) is 79.4 Å². The molecule has 0 unspecified atom stereocenters. The topological polar surface area (TPSA) is 0 Å². The second-order valence-electron chi connectivity index (χ2n) is 4.74. The molecule has 0 spiro atoms. The molecule has 0 saturated heterocycles. The van der Waals surface area contributed by atoms with Gasteiger partial charge in [-0.2, -0.15) is 0 Å². The van der Waals surface area contributed by atoms with Crippen molar-refractivity contribution >= 4 is 5.57 Å². The second kappa shape index (κ2) is 6.72. The molecule has 0 heterocycles. The van der Waals surface area contributed by atoms with Crippen molar-refractivity contribution in [2.45, 2.75) is 13.8 Å². The van der Waals surface area contributed by atoms with E-state index in [1.807, 2.05) is 19.1 Å². The van der Waals surface area contributed by atoms with E-state index in [0.29, 0.717) is 0 Å². The highest BCUT2D eigenvalue weighted by molar-refractivity contribution is 5.79. The summed E-state index contributed by atoms with van der Waals surface area (Å²) in [5.41, 5.74) is 6.10. The van der Waals surface area contributed by atoms with Crippen LogP contribution in [-0.4, -0.2) is 0 Å². The molecule has 0 nitrogen and oxygen atoms in total. The minimum Gasteiger partial charge on any atom is -0.0984 e. The summed E-state index contributed by atoms with van der Waals surface area (Å²) in [6.45, 7) is 8.07. The van der Waals surface area contributed by atoms with Gasteiger partial charge in [0.2, 0.25) is 0 Å². The first kappa shape index (κ1) is 14.1. The summed E-state index contributed by atoms with van der Waals surface area (Å²) in [6.07, 6.45) is 6.09. The number of rotatable bonds is 4. The number of hydrogen-bond acceptors (Lipinski definition) is 0. The Hall–Kier alpha value is -2.34. The Morgan fingerprint density at radius 2 is 1.50 bits per heavy atom. The van der Waals surface area contributed by atoms with Crippen molar-refractivity contribution in [2.24, 2.45) is 0 Å². The zero-order valence-corrected chi connectivity index (χ0v) is 12.1. The quantitative estimate of drug-likeness (QED) is 0.601. The highest BCUT2D eigenvalue weighted by Crippen LogP contribution is 2.25. The molecule has 0 aliphatic carbocycles. The summed E-state index contributed by atoms with van der Waals surface area (Å²) in [7, 11) is 0. The van der Waals surface area contributed by atoms with Gasteiger partial charge in [0.15, 0.2) is 0 Å². The number of hydrogen-bond donors (Lipinski definition) is 0. The highest BCUT2D eigenvalue weighted by atomic mass is 14.1. The minimum absolute atomic E-state index is 1.18. The van der Waals surface area contributed by atoms with Crippen LogP contribution in [0.15, 0.2) is 85.0 Å². The molecule has 0 heteroatoms. The van der Waals surface area contributed by atoms with Crippen LogP contribution in [0, 0.1) is 0 Å². The van der Waals surface area contributed by atoms with E-state index in [2.05, 4.69) is 74.2 Å². The Morgan fingerprint density at radius 3 is 2.05 bits per heavy atom. The van der Waals surface area contributed by atoms with Gasteiger partial charge in [0.1, 0.15) is 0 Å². The van der Waals surface area contributed by atoms with Crippen LogP contribution in [0.2, 0.25) is 0 Å². The lowest BCUT2D eigenvalue weighted by Gasteiger charge is -2.08. The standard InChI is InChI=1S/C20H20/c1-4-9-16(3)20(5-2)19-14-12-18(13-15-19)17-10-7-6-8-11-17/h4-15H,2H2,1,3H3/b9-4-,20-16+. The fraction of sp³-hybridized carbons (Fsp3) is 0.100. The van der Waals surface area contributed by atoms with E-state index in [-0.39, 0.29) is 0 Å². The molecule has 0 atom stereocenters. The molecule has 0 radical (unpaired) electrons. The first-order chi connectivity index (χ1) is 9.76. The van der Waals surface area contributed by atoms with Crippen LogP contribution in [0.1, 0.15) is 19.4 Å².